The SMILES string of the molecule is COc1cc([C@H]2C3=CC[C@@H]4C(=O)N(c5ccc(C(C)=O)cc5)C(=O)[C@@H]4[C@@H]3CC3=C2C(=O)C=C(C)C3=O)cc(OC)c1O. The molecule has 1 saturated heterocycles. The Labute approximate surface area is 242 Å². The third-order valence-electron chi connectivity index (χ3n) is 8.93. The number of Topliss-reactive ketones (excluding diaryl/α,β-unsaturated/α-hetero) is 2. The molecule has 0 unspecified atom stereocenters. The van der Waals surface area contributed by atoms with Gasteiger partial charge in [0.05, 0.1) is 31.7 Å². The molecule has 2 aromatic carbocycles. The highest BCUT2D eigenvalue weighted by molar-refractivity contribution is 6.25. The van der Waals surface area contributed by atoms with Crippen LogP contribution in [0.1, 0.15) is 48.5 Å². The van der Waals surface area contributed by atoms with Crippen LogP contribution >= 0.6 is 0 Å². The fourth-order valence-corrected chi connectivity index (χ4v) is 6.94. The van der Waals surface area contributed by atoms with Crippen molar-refractivity contribution in [3.8, 4) is 17.2 Å². The maximum Gasteiger partial charge on any atom is 0.238 e. The molecular formula is C33H29NO8. The number of ketones is 3. The average Bonchev–Trinajstić information content (AvgIpc) is 3.24. The zero-order chi connectivity index (χ0) is 30.0. The number of imide groups is 1. The lowest BCUT2D eigenvalue weighted by atomic mass is 9.59. The van der Waals surface area contributed by atoms with Gasteiger partial charge in [-0.3, -0.25) is 28.9 Å². The van der Waals surface area contributed by atoms with Crippen LogP contribution in [0, 0.1) is 17.8 Å². The number of rotatable bonds is 5. The highest BCUT2D eigenvalue weighted by Gasteiger charge is 2.56. The summed E-state index contributed by atoms with van der Waals surface area (Å²) in [5, 5.41) is 10.6. The minimum atomic E-state index is -0.739. The van der Waals surface area contributed by atoms with Crippen molar-refractivity contribution in [3.05, 3.63) is 82.0 Å². The molecule has 3 aliphatic carbocycles. The van der Waals surface area contributed by atoms with Crippen LogP contribution in [0.15, 0.2) is 70.8 Å². The fraction of sp³-hybridized carbons (Fsp3) is 0.303. The Morgan fingerprint density at radius 2 is 1.60 bits per heavy atom. The lowest BCUT2D eigenvalue weighted by molar-refractivity contribution is -0.123. The van der Waals surface area contributed by atoms with Gasteiger partial charge in [-0.2, -0.15) is 0 Å². The maximum absolute atomic E-state index is 14.0. The zero-order valence-electron chi connectivity index (χ0n) is 23.6. The molecule has 0 radical (unpaired) electrons. The number of benzene rings is 2. The standard InChI is InChI=1S/C33H29NO8/c1-15-11-24(36)29-23(30(15)37)14-22-20(27(29)18-12-25(41-3)31(38)26(13-18)42-4)9-10-21-28(22)33(40)34(32(21)39)19-7-5-17(6-8-19)16(2)35/h5-9,11-13,21-22,27-28,38H,10,14H2,1-4H3/t21-,22+,27-,28-/m0/s1. The summed E-state index contributed by atoms with van der Waals surface area (Å²) < 4.78 is 10.8. The summed E-state index contributed by atoms with van der Waals surface area (Å²) >= 11 is 0. The van der Waals surface area contributed by atoms with Crippen LogP contribution in [0.5, 0.6) is 17.2 Å². The number of fused-ring (bicyclic) bond motifs is 3. The molecule has 1 N–H and O–H groups in total. The van der Waals surface area contributed by atoms with Crippen molar-refractivity contribution < 1.29 is 38.6 Å². The molecule has 42 heavy (non-hydrogen) atoms. The first-order valence-corrected chi connectivity index (χ1v) is 13.7. The number of hydrogen-bond donors (Lipinski definition) is 1. The van der Waals surface area contributed by atoms with E-state index in [1.807, 2.05) is 6.08 Å². The monoisotopic (exact) mass is 567 g/mol. The van der Waals surface area contributed by atoms with Crippen molar-refractivity contribution in [2.75, 3.05) is 19.1 Å². The molecule has 1 fully saturated rings. The van der Waals surface area contributed by atoms with E-state index in [0.29, 0.717) is 33.5 Å². The number of carbonyl (C=O) groups excluding carboxylic acids is 5. The predicted octanol–water partition coefficient (Wildman–Crippen LogP) is 4.25. The molecule has 0 aromatic heterocycles. The van der Waals surface area contributed by atoms with Gasteiger partial charge in [0.25, 0.3) is 0 Å². The second-order valence-electron chi connectivity index (χ2n) is 11.1. The van der Waals surface area contributed by atoms with Gasteiger partial charge in [0.15, 0.2) is 28.8 Å². The van der Waals surface area contributed by atoms with Crippen LogP contribution in [-0.2, 0) is 19.2 Å². The molecule has 4 aliphatic rings. The molecule has 1 heterocycles. The number of anilines is 1. The van der Waals surface area contributed by atoms with Crippen LogP contribution in [-0.4, -0.2) is 48.5 Å². The summed E-state index contributed by atoms with van der Waals surface area (Å²) in [5.41, 5.74) is 3.17. The van der Waals surface area contributed by atoms with Gasteiger partial charge in [-0.05, 0) is 80.6 Å². The third-order valence-corrected chi connectivity index (χ3v) is 8.93. The van der Waals surface area contributed by atoms with Gasteiger partial charge in [0.2, 0.25) is 17.6 Å². The number of phenols is 1. The smallest absolute Gasteiger partial charge is 0.238 e. The molecule has 4 atom stereocenters. The van der Waals surface area contributed by atoms with E-state index in [1.54, 1.807) is 43.3 Å². The van der Waals surface area contributed by atoms with Crippen LogP contribution < -0.4 is 14.4 Å². The molecule has 0 spiro atoms. The van der Waals surface area contributed by atoms with Gasteiger partial charge in [-0.1, -0.05) is 11.6 Å². The molecule has 9 nitrogen and oxygen atoms in total. The van der Waals surface area contributed by atoms with E-state index >= 15 is 0 Å². The Morgan fingerprint density at radius 3 is 2.19 bits per heavy atom. The Morgan fingerprint density at radius 1 is 0.952 bits per heavy atom. The van der Waals surface area contributed by atoms with Crippen molar-refractivity contribution >= 4 is 34.9 Å². The largest absolute Gasteiger partial charge is 0.502 e. The number of methoxy groups -OCH3 is 2. The number of phenolic OH excluding ortho intramolecular Hbond substituents is 1. The van der Waals surface area contributed by atoms with Crippen molar-refractivity contribution in [1.82, 2.24) is 0 Å². The molecule has 2 amide bonds. The van der Waals surface area contributed by atoms with Crippen molar-refractivity contribution in [2.45, 2.75) is 32.6 Å². The Bertz CT molecular complexity index is 1670. The van der Waals surface area contributed by atoms with Crippen molar-refractivity contribution in [1.29, 1.82) is 0 Å². The number of nitrogens with zero attached hydrogens (tertiary/aromatic N) is 1. The minimum Gasteiger partial charge on any atom is -0.502 e. The van der Waals surface area contributed by atoms with Gasteiger partial charge in [0, 0.05) is 28.2 Å². The normalized spacial score (nSPS) is 25.0. The highest BCUT2D eigenvalue weighted by Crippen LogP contribution is 2.56. The van der Waals surface area contributed by atoms with E-state index in [9.17, 15) is 29.1 Å². The van der Waals surface area contributed by atoms with Crippen LogP contribution in [0.4, 0.5) is 5.69 Å². The first-order chi connectivity index (χ1) is 20.1. The number of carbonyl (C=O) groups is 5. The van der Waals surface area contributed by atoms with Crippen LogP contribution in [0.3, 0.4) is 0 Å². The minimum absolute atomic E-state index is 0.126. The molecule has 6 rings (SSSR count). The van der Waals surface area contributed by atoms with Gasteiger partial charge in [-0.25, -0.2) is 0 Å². The average molecular weight is 568 g/mol. The second kappa shape index (κ2) is 9.94. The van der Waals surface area contributed by atoms with Crippen molar-refractivity contribution in [3.63, 3.8) is 0 Å². The maximum atomic E-state index is 14.0. The quantitative estimate of drug-likeness (QED) is 0.246. The van der Waals surface area contributed by atoms with E-state index in [0.717, 1.165) is 5.57 Å². The lowest BCUT2D eigenvalue weighted by Crippen LogP contribution is -2.39. The Hall–Kier alpha value is -4.79. The number of allylic oxidation sites excluding steroid dienone is 6. The van der Waals surface area contributed by atoms with E-state index in [4.69, 9.17) is 9.47 Å². The fourth-order valence-electron chi connectivity index (χ4n) is 6.94. The molecule has 9 heteroatoms. The third kappa shape index (κ3) is 3.94. The summed E-state index contributed by atoms with van der Waals surface area (Å²) in [6, 6.07) is 9.57. The van der Waals surface area contributed by atoms with Crippen LogP contribution in [0.25, 0.3) is 0 Å². The Balaban J connectivity index is 1.48. The number of aromatic hydroxyl groups is 1. The molecule has 2 aromatic rings. The summed E-state index contributed by atoms with van der Waals surface area (Å²) in [5.74, 6) is -3.91. The molecule has 0 saturated carbocycles. The predicted molar refractivity (Wildman–Crippen MR) is 151 cm³/mol. The highest BCUT2D eigenvalue weighted by atomic mass is 16.5. The van der Waals surface area contributed by atoms with Gasteiger partial charge in [-0.15, -0.1) is 0 Å². The first kappa shape index (κ1) is 27.4. The summed E-state index contributed by atoms with van der Waals surface area (Å²) in [7, 11) is 2.80. The van der Waals surface area contributed by atoms with Crippen LogP contribution in [0.2, 0.25) is 0 Å². The first-order valence-electron chi connectivity index (χ1n) is 13.7. The van der Waals surface area contributed by atoms with Gasteiger partial charge in [0.1, 0.15) is 0 Å². The van der Waals surface area contributed by atoms with E-state index in [2.05, 4.69) is 0 Å². The van der Waals surface area contributed by atoms with Crippen molar-refractivity contribution in [2.24, 2.45) is 17.8 Å². The zero-order valence-corrected chi connectivity index (χ0v) is 23.6. The topological polar surface area (TPSA) is 127 Å². The lowest BCUT2D eigenvalue weighted by Gasteiger charge is -2.42. The van der Waals surface area contributed by atoms with Gasteiger partial charge < -0.3 is 14.6 Å². The summed E-state index contributed by atoms with van der Waals surface area (Å²) in [4.78, 5) is 67.6. The summed E-state index contributed by atoms with van der Waals surface area (Å²) in [6.45, 7) is 3.04. The molecule has 0 bridgehead atoms. The molecule has 1 aliphatic heterocycles. The van der Waals surface area contributed by atoms with E-state index < -0.39 is 23.7 Å². The number of amides is 2. The number of ether oxygens (including phenoxy) is 2. The summed E-state index contributed by atoms with van der Waals surface area (Å²) in [6.07, 6.45) is 3.69. The number of hydrogen-bond acceptors (Lipinski definition) is 8. The van der Waals surface area contributed by atoms with E-state index in [1.165, 1.54) is 32.1 Å². The molecule has 214 valence electrons. The Kier molecular flexibility index (Phi) is 6.48. The van der Waals surface area contributed by atoms with Gasteiger partial charge >= 0.3 is 0 Å². The molecular weight excluding hydrogens is 538 g/mol. The second-order valence-corrected chi connectivity index (χ2v) is 11.1. The van der Waals surface area contributed by atoms with E-state index in [-0.39, 0.29) is 59.3 Å².